The maximum atomic E-state index is 13.2. The van der Waals surface area contributed by atoms with Crippen molar-refractivity contribution >= 4 is 67.7 Å². The number of halogens is 2. The summed E-state index contributed by atoms with van der Waals surface area (Å²) in [6, 6.07) is 11.9. The molecule has 0 radical (unpaired) electrons. The summed E-state index contributed by atoms with van der Waals surface area (Å²) in [5.41, 5.74) is 4.21. The molecule has 33 heavy (non-hydrogen) atoms. The molecule has 0 aliphatic heterocycles. The van der Waals surface area contributed by atoms with Gasteiger partial charge in [0.1, 0.15) is 10.7 Å². The summed E-state index contributed by atoms with van der Waals surface area (Å²) < 4.78 is 20.7. The van der Waals surface area contributed by atoms with Gasteiger partial charge in [-0.1, -0.05) is 23.7 Å². The van der Waals surface area contributed by atoms with Crippen molar-refractivity contribution in [1.29, 1.82) is 0 Å². The number of hydrogen-bond acceptors (Lipinski definition) is 5. The fourth-order valence-corrected chi connectivity index (χ4v) is 5.12. The monoisotopic (exact) mass is 502 g/mol. The predicted molar refractivity (Wildman–Crippen MR) is 135 cm³/mol. The maximum absolute atomic E-state index is 13.2. The zero-order valence-corrected chi connectivity index (χ0v) is 20.4. The lowest BCUT2D eigenvalue weighted by molar-refractivity contribution is 0.0606. The number of carbonyl (C=O) groups excluding carboxylic acids is 1. The predicted octanol–water partition coefficient (Wildman–Crippen LogP) is 6.15. The third-order valence-corrected chi connectivity index (χ3v) is 6.97. The largest absolute Gasteiger partial charge is 0.465 e. The van der Waals surface area contributed by atoms with E-state index in [2.05, 4.69) is 15.7 Å². The van der Waals surface area contributed by atoms with E-state index in [9.17, 15) is 9.18 Å². The normalized spacial score (nSPS) is 10.9. The molecule has 170 valence electrons. The van der Waals surface area contributed by atoms with Gasteiger partial charge in [0.05, 0.1) is 35.8 Å². The van der Waals surface area contributed by atoms with E-state index >= 15 is 0 Å². The molecule has 2 N–H and O–H groups in total. The minimum absolute atomic E-state index is 0.268. The number of benzene rings is 2. The summed E-state index contributed by atoms with van der Waals surface area (Å²) in [5.74, 6) is -0.730. The maximum Gasteiger partial charge on any atom is 0.349 e. The van der Waals surface area contributed by atoms with Crippen LogP contribution >= 0.6 is 35.2 Å². The van der Waals surface area contributed by atoms with Crippen LogP contribution in [-0.2, 0) is 11.3 Å². The second-order valence-electron chi connectivity index (χ2n) is 7.36. The lowest BCUT2D eigenvalue weighted by Crippen LogP contribution is -2.20. The summed E-state index contributed by atoms with van der Waals surface area (Å²) in [5, 5.41) is 12.5. The van der Waals surface area contributed by atoms with Crippen molar-refractivity contribution in [2.75, 3.05) is 17.7 Å². The molecule has 0 amide bonds. The Morgan fingerprint density at radius 2 is 1.94 bits per heavy atom. The van der Waals surface area contributed by atoms with E-state index in [1.165, 1.54) is 30.6 Å². The number of ether oxygens (including phenoxy) is 1. The molecule has 0 aliphatic rings. The fourth-order valence-electron chi connectivity index (χ4n) is 3.44. The molecule has 2 aromatic heterocycles. The molecule has 0 unspecified atom stereocenters. The van der Waals surface area contributed by atoms with Crippen molar-refractivity contribution in [3.63, 3.8) is 0 Å². The Labute approximate surface area is 204 Å². The zero-order valence-electron chi connectivity index (χ0n) is 18.0. The number of fused-ring (bicyclic) bond motifs is 1. The van der Waals surface area contributed by atoms with E-state index in [1.54, 1.807) is 12.1 Å². The Morgan fingerprint density at radius 3 is 2.64 bits per heavy atom. The molecule has 2 aromatic carbocycles. The molecule has 0 fully saturated rings. The van der Waals surface area contributed by atoms with Gasteiger partial charge in [0.25, 0.3) is 0 Å². The fraction of sp³-hybridized carbons (Fsp3) is 0.174. The number of nitrogens with one attached hydrogen (secondary N) is 2. The smallest absolute Gasteiger partial charge is 0.349 e. The SMILES string of the molecule is COC(=O)c1sc2cc(NC(=S)Nc3c(C)nn(Cc4ccc(F)cc4)c3C)ccc2c1Cl. The number of aryl methyl sites for hydroxylation is 1. The average Bonchev–Trinajstić information content (AvgIpc) is 3.25. The van der Waals surface area contributed by atoms with Gasteiger partial charge in [-0.3, -0.25) is 4.68 Å². The van der Waals surface area contributed by atoms with Gasteiger partial charge in [0.15, 0.2) is 5.11 Å². The van der Waals surface area contributed by atoms with Crippen LogP contribution in [0, 0.1) is 19.7 Å². The summed E-state index contributed by atoms with van der Waals surface area (Å²) in [7, 11) is 1.33. The minimum Gasteiger partial charge on any atom is -0.465 e. The number of aromatic nitrogens is 2. The number of methoxy groups -OCH3 is 1. The van der Waals surface area contributed by atoms with Gasteiger partial charge in [0.2, 0.25) is 0 Å². The van der Waals surface area contributed by atoms with Crippen LogP contribution in [0.3, 0.4) is 0 Å². The third-order valence-electron chi connectivity index (χ3n) is 5.12. The molecule has 0 spiro atoms. The summed E-state index contributed by atoms with van der Waals surface area (Å²) in [4.78, 5) is 12.3. The van der Waals surface area contributed by atoms with Crippen LogP contribution in [0.15, 0.2) is 42.5 Å². The number of carbonyl (C=O) groups is 1. The topological polar surface area (TPSA) is 68.2 Å². The molecule has 0 atom stereocenters. The van der Waals surface area contributed by atoms with Gasteiger partial charge in [-0.2, -0.15) is 5.10 Å². The highest BCUT2D eigenvalue weighted by Crippen LogP contribution is 2.37. The van der Waals surface area contributed by atoms with Crippen molar-refractivity contribution in [3.8, 4) is 0 Å². The summed E-state index contributed by atoms with van der Waals surface area (Å²) in [6.07, 6.45) is 0. The first-order valence-corrected chi connectivity index (χ1v) is 11.5. The molecular formula is C23H20ClFN4O2S2. The van der Waals surface area contributed by atoms with E-state index in [1.807, 2.05) is 36.7 Å². The molecular weight excluding hydrogens is 483 g/mol. The molecule has 0 saturated heterocycles. The number of hydrogen-bond donors (Lipinski definition) is 2. The van der Waals surface area contributed by atoms with Gasteiger partial charge in [-0.05, 0) is 62.0 Å². The quantitative estimate of drug-likeness (QED) is 0.252. The molecule has 0 bridgehead atoms. The minimum atomic E-state index is -0.462. The van der Waals surface area contributed by atoms with Crippen LogP contribution in [0.25, 0.3) is 10.1 Å². The zero-order chi connectivity index (χ0) is 23.7. The molecule has 6 nitrogen and oxygen atoms in total. The Kier molecular flexibility index (Phi) is 6.64. The highest BCUT2D eigenvalue weighted by molar-refractivity contribution is 7.80. The summed E-state index contributed by atoms with van der Waals surface area (Å²) >= 11 is 13.1. The van der Waals surface area contributed by atoms with Crippen LogP contribution in [-0.4, -0.2) is 28.0 Å². The van der Waals surface area contributed by atoms with Crippen molar-refractivity contribution in [1.82, 2.24) is 9.78 Å². The first-order valence-electron chi connectivity index (χ1n) is 9.93. The Morgan fingerprint density at radius 1 is 1.21 bits per heavy atom. The van der Waals surface area contributed by atoms with Crippen LogP contribution in [0.2, 0.25) is 5.02 Å². The van der Waals surface area contributed by atoms with Crippen LogP contribution < -0.4 is 10.6 Å². The molecule has 4 rings (SSSR count). The molecule has 4 aromatic rings. The Balaban J connectivity index is 1.49. The second-order valence-corrected chi connectivity index (χ2v) is 9.20. The van der Waals surface area contributed by atoms with E-state index in [-0.39, 0.29) is 5.82 Å². The van der Waals surface area contributed by atoms with Gasteiger partial charge in [-0.15, -0.1) is 11.3 Å². The lowest BCUT2D eigenvalue weighted by Gasteiger charge is -2.11. The highest BCUT2D eigenvalue weighted by Gasteiger charge is 2.18. The van der Waals surface area contributed by atoms with Crippen molar-refractivity contribution < 1.29 is 13.9 Å². The standard InChI is InChI=1S/C23H20ClFN4O2S2/c1-12-20(13(2)29(28-12)11-14-4-6-15(25)7-5-14)27-23(32)26-16-8-9-17-18(10-16)33-21(19(17)24)22(30)31-3/h4-10H,11H2,1-3H3,(H2,26,27,32). The van der Waals surface area contributed by atoms with Gasteiger partial charge in [0, 0.05) is 15.8 Å². The van der Waals surface area contributed by atoms with Crippen molar-refractivity contribution in [2.45, 2.75) is 20.4 Å². The van der Waals surface area contributed by atoms with E-state index in [4.69, 9.17) is 28.6 Å². The summed E-state index contributed by atoms with van der Waals surface area (Å²) in [6.45, 7) is 4.36. The molecule has 10 heteroatoms. The van der Waals surface area contributed by atoms with E-state index in [0.717, 1.165) is 38.4 Å². The number of thiophene rings is 1. The number of nitrogens with zero attached hydrogens (tertiary/aromatic N) is 2. The lowest BCUT2D eigenvalue weighted by atomic mass is 10.2. The second kappa shape index (κ2) is 9.46. The Bertz CT molecular complexity index is 1370. The van der Waals surface area contributed by atoms with Gasteiger partial charge < -0.3 is 15.4 Å². The average molecular weight is 503 g/mol. The van der Waals surface area contributed by atoms with Crippen LogP contribution in [0.1, 0.15) is 26.6 Å². The van der Waals surface area contributed by atoms with Crippen molar-refractivity contribution in [3.05, 3.63) is 75.1 Å². The molecule has 2 heterocycles. The molecule has 0 aliphatic carbocycles. The number of esters is 1. The van der Waals surface area contributed by atoms with Gasteiger partial charge in [-0.25, -0.2) is 9.18 Å². The number of anilines is 2. The first-order chi connectivity index (χ1) is 15.8. The van der Waals surface area contributed by atoms with Crippen molar-refractivity contribution in [2.24, 2.45) is 0 Å². The van der Waals surface area contributed by atoms with Crippen LogP contribution in [0.5, 0.6) is 0 Å². The van der Waals surface area contributed by atoms with Crippen LogP contribution in [0.4, 0.5) is 15.8 Å². The highest BCUT2D eigenvalue weighted by atomic mass is 35.5. The number of rotatable bonds is 5. The Hall–Kier alpha value is -3.01. The first kappa shape index (κ1) is 23.2. The van der Waals surface area contributed by atoms with E-state index in [0.29, 0.717) is 21.6 Å². The molecule has 0 saturated carbocycles. The van der Waals surface area contributed by atoms with E-state index < -0.39 is 5.97 Å². The number of thiocarbonyl (C=S) groups is 1. The third kappa shape index (κ3) is 4.85. The van der Waals surface area contributed by atoms with Gasteiger partial charge >= 0.3 is 5.97 Å².